The van der Waals surface area contributed by atoms with Gasteiger partial charge in [0.25, 0.3) is 0 Å². The van der Waals surface area contributed by atoms with Crippen molar-refractivity contribution in [3.05, 3.63) is 11.6 Å². The molecule has 3 nitrogen and oxygen atoms in total. The number of epoxide rings is 1. The van der Waals surface area contributed by atoms with Crippen LogP contribution >= 0.6 is 0 Å². The largest absolute Gasteiger partial charge is 0.364 e. The summed E-state index contributed by atoms with van der Waals surface area (Å²) < 4.78 is 17.2. The molecule has 3 heteroatoms. The van der Waals surface area contributed by atoms with Gasteiger partial charge in [0.2, 0.25) is 0 Å². The second-order valence-electron chi connectivity index (χ2n) is 5.51. The number of hydrogen-bond donors (Lipinski definition) is 0. The first kappa shape index (κ1) is 9.82. The molecule has 1 atom stereocenters. The molecule has 15 heavy (non-hydrogen) atoms. The normalized spacial score (nSPS) is 40.9. The lowest BCUT2D eigenvalue weighted by molar-refractivity contribution is -0.154. The van der Waals surface area contributed by atoms with E-state index in [0.29, 0.717) is 13.2 Å². The number of hydrogen-bond acceptors (Lipinski definition) is 3. The SMILES string of the molecule is CC1=CC2(CC(C)(C)C13CO3)OCCO2. The fraction of sp³-hybridized carbons (Fsp3) is 0.833. The molecular formula is C12H18O3. The van der Waals surface area contributed by atoms with E-state index in [4.69, 9.17) is 14.2 Å². The number of ether oxygens (including phenoxy) is 3. The first-order chi connectivity index (χ1) is 7.00. The molecule has 84 valence electrons. The smallest absolute Gasteiger partial charge is 0.188 e. The Balaban J connectivity index is 2.01. The highest BCUT2D eigenvalue weighted by molar-refractivity contribution is 5.33. The third-order valence-electron chi connectivity index (χ3n) is 4.06. The van der Waals surface area contributed by atoms with Gasteiger partial charge < -0.3 is 14.2 Å². The lowest BCUT2D eigenvalue weighted by Crippen LogP contribution is -2.47. The molecule has 3 aliphatic rings. The zero-order chi connectivity index (χ0) is 10.7. The summed E-state index contributed by atoms with van der Waals surface area (Å²) in [4.78, 5) is 0. The van der Waals surface area contributed by atoms with Crippen molar-refractivity contribution >= 4 is 0 Å². The van der Waals surface area contributed by atoms with E-state index in [1.54, 1.807) is 0 Å². The summed E-state index contributed by atoms with van der Waals surface area (Å²) in [6.45, 7) is 8.85. The van der Waals surface area contributed by atoms with Crippen LogP contribution in [0.2, 0.25) is 0 Å². The summed E-state index contributed by atoms with van der Waals surface area (Å²) in [5, 5.41) is 0. The summed E-state index contributed by atoms with van der Waals surface area (Å²) in [5.41, 5.74) is 1.32. The van der Waals surface area contributed by atoms with E-state index >= 15 is 0 Å². The lowest BCUT2D eigenvalue weighted by atomic mass is 9.66. The maximum absolute atomic E-state index is 5.75. The van der Waals surface area contributed by atoms with Crippen molar-refractivity contribution in [2.45, 2.75) is 38.6 Å². The predicted octanol–water partition coefficient (Wildman–Crippen LogP) is 1.87. The van der Waals surface area contributed by atoms with Gasteiger partial charge in [0, 0.05) is 11.8 Å². The third kappa shape index (κ3) is 1.17. The molecule has 2 aliphatic heterocycles. The van der Waals surface area contributed by atoms with Crippen LogP contribution in [0.5, 0.6) is 0 Å². The topological polar surface area (TPSA) is 31.0 Å². The summed E-state index contributed by atoms with van der Waals surface area (Å²) in [6.07, 6.45) is 3.01. The second-order valence-corrected chi connectivity index (χ2v) is 5.51. The molecule has 1 aliphatic carbocycles. The molecule has 1 unspecified atom stereocenters. The average molecular weight is 210 g/mol. The van der Waals surface area contributed by atoms with Gasteiger partial charge in [0.1, 0.15) is 5.60 Å². The Morgan fingerprint density at radius 1 is 1.13 bits per heavy atom. The predicted molar refractivity (Wildman–Crippen MR) is 55.5 cm³/mol. The van der Waals surface area contributed by atoms with Crippen LogP contribution in [0.3, 0.4) is 0 Å². The van der Waals surface area contributed by atoms with E-state index in [1.807, 2.05) is 0 Å². The van der Waals surface area contributed by atoms with Gasteiger partial charge in [-0.05, 0) is 18.6 Å². The summed E-state index contributed by atoms with van der Waals surface area (Å²) >= 11 is 0. The fourth-order valence-electron chi connectivity index (χ4n) is 3.14. The summed E-state index contributed by atoms with van der Waals surface area (Å²) in [5.74, 6) is -0.467. The third-order valence-corrected chi connectivity index (χ3v) is 4.06. The van der Waals surface area contributed by atoms with E-state index in [1.165, 1.54) is 5.57 Å². The summed E-state index contributed by atoms with van der Waals surface area (Å²) in [7, 11) is 0. The molecule has 3 rings (SSSR count). The zero-order valence-electron chi connectivity index (χ0n) is 9.63. The highest BCUT2D eigenvalue weighted by Gasteiger charge is 2.63. The molecule has 0 radical (unpaired) electrons. The van der Waals surface area contributed by atoms with Crippen molar-refractivity contribution in [1.82, 2.24) is 0 Å². The Labute approximate surface area is 90.4 Å². The van der Waals surface area contributed by atoms with Crippen molar-refractivity contribution in [2.24, 2.45) is 5.41 Å². The minimum atomic E-state index is -0.467. The molecule has 2 fully saturated rings. The lowest BCUT2D eigenvalue weighted by Gasteiger charge is -2.43. The number of rotatable bonds is 0. The zero-order valence-corrected chi connectivity index (χ0v) is 9.63. The minimum Gasteiger partial charge on any atom is -0.364 e. The molecule has 0 saturated carbocycles. The molecule has 0 amide bonds. The maximum atomic E-state index is 5.75. The van der Waals surface area contributed by atoms with Crippen LogP contribution in [-0.4, -0.2) is 31.2 Å². The molecule has 2 saturated heterocycles. The molecule has 0 aromatic heterocycles. The van der Waals surface area contributed by atoms with E-state index in [0.717, 1.165) is 13.0 Å². The molecule has 0 bridgehead atoms. The Hall–Kier alpha value is -0.380. The first-order valence-corrected chi connectivity index (χ1v) is 5.62. The highest BCUT2D eigenvalue weighted by Crippen LogP contribution is 2.57. The van der Waals surface area contributed by atoms with Crippen LogP contribution in [0.15, 0.2) is 11.6 Å². The Morgan fingerprint density at radius 3 is 2.20 bits per heavy atom. The minimum absolute atomic E-state index is 0.0342. The molecule has 2 heterocycles. The van der Waals surface area contributed by atoms with Gasteiger partial charge in [-0.25, -0.2) is 0 Å². The van der Waals surface area contributed by atoms with Gasteiger partial charge in [0.05, 0.1) is 19.8 Å². The van der Waals surface area contributed by atoms with Crippen LogP contribution in [0, 0.1) is 5.41 Å². The standard InChI is InChI=1S/C12H18O3/c1-9-6-11(13-4-5-14-11)7-10(2,3)12(9)8-15-12/h6H,4-5,7-8H2,1-3H3. The first-order valence-electron chi connectivity index (χ1n) is 5.62. The van der Waals surface area contributed by atoms with Crippen LogP contribution in [0.4, 0.5) is 0 Å². The summed E-state index contributed by atoms with van der Waals surface area (Å²) in [6, 6.07) is 0. The quantitative estimate of drug-likeness (QED) is 0.452. The van der Waals surface area contributed by atoms with E-state index < -0.39 is 5.79 Å². The fourth-order valence-corrected chi connectivity index (χ4v) is 3.14. The van der Waals surface area contributed by atoms with Crippen molar-refractivity contribution in [2.75, 3.05) is 19.8 Å². The van der Waals surface area contributed by atoms with Crippen molar-refractivity contribution < 1.29 is 14.2 Å². The van der Waals surface area contributed by atoms with Crippen molar-refractivity contribution in [3.8, 4) is 0 Å². The maximum Gasteiger partial charge on any atom is 0.188 e. The van der Waals surface area contributed by atoms with Crippen molar-refractivity contribution in [1.29, 1.82) is 0 Å². The second kappa shape index (κ2) is 2.65. The van der Waals surface area contributed by atoms with Crippen LogP contribution in [0.1, 0.15) is 27.2 Å². The molecule has 0 aromatic rings. The molecule has 0 aromatic carbocycles. The average Bonchev–Trinajstić information content (AvgIpc) is 2.84. The van der Waals surface area contributed by atoms with Gasteiger partial charge in [0.15, 0.2) is 5.79 Å². The highest BCUT2D eigenvalue weighted by atomic mass is 16.7. The van der Waals surface area contributed by atoms with Gasteiger partial charge in [-0.1, -0.05) is 13.8 Å². The van der Waals surface area contributed by atoms with Gasteiger partial charge in [-0.3, -0.25) is 0 Å². The molecular weight excluding hydrogens is 192 g/mol. The van der Waals surface area contributed by atoms with E-state index in [-0.39, 0.29) is 11.0 Å². The van der Waals surface area contributed by atoms with Gasteiger partial charge >= 0.3 is 0 Å². The van der Waals surface area contributed by atoms with Crippen LogP contribution in [-0.2, 0) is 14.2 Å². The Morgan fingerprint density at radius 2 is 1.73 bits per heavy atom. The molecule has 2 spiro atoms. The van der Waals surface area contributed by atoms with Crippen LogP contribution < -0.4 is 0 Å². The van der Waals surface area contributed by atoms with Gasteiger partial charge in [-0.2, -0.15) is 0 Å². The van der Waals surface area contributed by atoms with Gasteiger partial charge in [-0.15, -0.1) is 0 Å². The Kier molecular flexibility index (Phi) is 1.73. The van der Waals surface area contributed by atoms with E-state index in [2.05, 4.69) is 26.8 Å². The molecule has 0 N–H and O–H groups in total. The van der Waals surface area contributed by atoms with Crippen molar-refractivity contribution in [3.63, 3.8) is 0 Å². The van der Waals surface area contributed by atoms with E-state index in [9.17, 15) is 0 Å². The Bertz CT molecular complexity index is 320. The monoisotopic (exact) mass is 210 g/mol. The van der Waals surface area contributed by atoms with Crippen LogP contribution in [0.25, 0.3) is 0 Å².